The Morgan fingerprint density at radius 1 is 1.23 bits per heavy atom. The molecule has 1 aliphatic carbocycles. The average Bonchev–Trinajstić information content (AvgIpc) is 3.20. The molecule has 5 rings (SSSR count). The van der Waals surface area contributed by atoms with Crippen LogP contribution < -0.4 is 10.5 Å². The minimum Gasteiger partial charge on any atom is -0.370 e. The number of rotatable bonds is 6. The lowest BCUT2D eigenvalue weighted by atomic mass is 9.63. The zero-order valence-electron chi connectivity index (χ0n) is 20.6. The largest absolute Gasteiger partial charge is 0.370 e. The molecular weight excluding hydrogens is 410 g/mol. The average molecular weight is 443 g/mol. The van der Waals surface area contributed by atoms with E-state index in [2.05, 4.69) is 9.88 Å². The zero-order chi connectivity index (χ0) is 24.3. The number of aromatic amines is 1. The van der Waals surface area contributed by atoms with Gasteiger partial charge in [-0.15, -0.1) is 0 Å². The maximum atomic E-state index is 12.9. The summed E-state index contributed by atoms with van der Waals surface area (Å²) < 4.78 is 48.6. The molecular formula is C24H29N3O3S. The number of anilines is 1. The van der Waals surface area contributed by atoms with Gasteiger partial charge in [0.2, 0.25) is 0 Å². The van der Waals surface area contributed by atoms with Gasteiger partial charge < -0.3 is 14.5 Å². The number of thiol groups is 1. The lowest BCUT2D eigenvalue weighted by molar-refractivity contribution is 0.0905. The van der Waals surface area contributed by atoms with E-state index in [0.717, 1.165) is 35.3 Å². The van der Waals surface area contributed by atoms with E-state index in [9.17, 15) is 13.2 Å². The molecule has 2 aliphatic rings. The second-order valence-electron chi connectivity index (χ2n) is 9.06. The Hall–Kier alpha value is -2.54. The van der Waals surface area contributed by atoms with Crippen molar-refractivity contribution in [2.24, 2.45) is 12.4 Å². The highest BCUT2D eigenvalue weighted by Gasteiger charge is 2.47. The standard InChI is InChI=1S/C24H29N3O3S/c1-3-5-21(31(29)30)16-6-7-20(27-14-24(15-27)9-4-10-24)18(12-16)19-13-26(2)23(28)22-17(19)8-11-25-22/h6-8,11-13,21,25,31H,3-5,9-10,14-15H2,1-2H3/i2D3. The molecule has 1 atom stereocenters. The van der Waals surface area contributed by atoms with Crippen molar-refractivity contribution in [1.29, 1.82) is 0 Å². The van der Waals surface area contributed by atoms with Crippen molar-refractivity contribution >= 4 is 27.3 Å². The molecule has 2 aromatic heterocycles. The predicted molar refractivity (Wildman–Crippen MR) is 125 cm³/mol. The maximum absolute atomic E-state index is 12.9. The van der Waals surface area contributed by atoms with Gasteiger partial charge >= 0.3 is 0 Å². The fourth-order valence-electron chi connectivity index (χ4n) is 5.21. The van der Waals surface area contributed by atoms with E-state index in [-0.39, 0.29) is 5.52 Å². The Balaban J connectivity index is 1.72. The minimum atomic E-state index is -2.67. The van der Waals surface area contributed by atoms with Crippen LogP contribution in [-0.2, 0) is 17.7 Å². The van der Waals surface area contributed by atoms with E-state index in [1.165, 1.54) is 25.5 Å². The summed E-state index contributed by atoms with van der Waals surface area (Å²) in [6.45, 7) is 1.18. The first-order valence-corrected chi connectivity index (χ1v) is 12.1. The van der Waals surface area contributed by atoms with Gasteiger partial charge in [-0.2, -0.15) is 0 Å². The van der Waals surface area contributed by atoms with E-state index >= 15 is 0 Å². The molecule has 164 valence electrons. The summed E-state index contributed by atoms with van der Waals surface area (Å²) in [7, 11) is -2.67. The van der Waals surface area contributed by atoms with E-state index in [4.69, 9.17) is 4.11 Å². The van der Waals surface area contributed by atoms with Crippen LogP contribution in [0.15, 0.2) is 41.5 Å². The van der Waals surface area contributed by atoms with Crippen LogP contribution >= 0.6 is 0 Å². The van der Waals surface area contributed by atoms with Gasteiger partial charge in [0.25, 0.3) is 5.56 Å². The second-order valence-corrected chi connectivity index (χ2v) is 10.3. The summed E-state index contributed by atoms with van der Waals surface area (Å²) in [6.07, 6.45) is 7.96. The van der Waals surface area contributed by atoms with Crippen molar-refractivity contribution in [2.75, 3.05) is 18.0 Å². The molecule has 6 nitrogen and oxygen atoms in total. The number of aromatic nitrogens is 2. The van der Waals surface area contributed by atoms with E-state index < -0.39 is 28.5 Å². The van der Waals surface area contributed by atoms with Gasteiger partial charge in [0.15, 0.2) is 0 Å². The van der Waals surface area contributed by atoms with Gasteiger partial charge in [0.1, 0.15) is 16.2 Å². The predicted octanol–water partition coefficient (Wildman–Crippen LogP) is 3.98. The number of nitrogens with one attached hydrogen (secondary N) is 1. The van der Waals surface area contributed by atoms with Crippen molar-refractivity contribution in [2.45, 2.75) is 44.3 Å². The Labute approximate surface area is 188 Å². The molecule has 0 amide bonds. The Morgan fingerprint density at radius 3 is 2.68 bits per heavy atom. The van der Waals surface area contributed by atoms with Crippen LogP contribution in [0, 0.1) is 5.41 Å². The fraction of sp³-hybridized carbons (Fsp3) is 0.458. The van der Waals surface area contributed by atoms with Crippen LogP contribution in [0.2, 0.25) is 0 Å². The Kier molecular flexibility index (Phi) is 4.16. The molecule has 1 spiro atoms. The van der Waals surface area contributed by atoms with Gasteiger partial charge in [-0.05, 0) is 43.0 Å². The summed E-state index contributed by atoms with van der Waals surface area (Å²) in [5.74, 6) is 0. The SMILES string of the molecule is [2H]C([2H])([2H])n1cc(-c2cc(C(CCC)[SH](=O)=O)ccc2N2CC3(CCC3)C2)c2cc[nH]c2c1=O. The third-order valence-corrected chi connectivity index (χ3v) is 8.11. The first-order chi connectivity index (χ1) is 16.1. The quantitative estimate of drug-likeness (QED) is 0.567. The minimum absolute atomic E-state index is 0.226. The van der Waals surface area contributed by atoms with Gasteiger partial charge in [0.05, 0.1) is 5.25 Å². The smallest absolute Gasteiger partial charge is 0.274 e. The van der Waals surface area contributed by atoms with E-state index in [1.54, 1.807) is 12.3 Å². The van der Waals surface area contributed by atoms with Crippen molar-refractivity contribution in [1.82, 2.24) is 9.55 Å². The number of H-pyrrole nitrogens is 1. The van der Waals surface area contributed by atoms with Gasteiger partial charge in [0, 0.05) is 64.2 Å². The number of hydrogen-bond donors (Lipinski definition) is 2. The second kappa shape index (κ2) is 7.55. The normalized spacial score (nSPS) is 20.2. The van der Waals surface area contributed by atoms with Gasteiger partial charge in [-0.1, -0.05) is 25.8 Å². The Bertz CT molecular complexity index is 1370. The maximum Gasteiger partial charge on any atom is 0.274 e. The summed E-state index contributed by atoms with van der Waals surface area (Å²) in [6, 6.07) is 7.49. The van der Waals surface area contributed by atoms with Crippen LogP contribution in [0.5, 0.6) is 0 Å². The third-order valence-electron chi connectivity index (χ3n) is 7.05. The van der Waals surface area contributed by atoms with Gasteiger partial charge in [-0.3, -0.25) is 4.79 Å². The number of hydrogen-bond acceptors (Lipinski definition) is 4. The van der Waals surface area contributed by atoms with Crippen molar-refractivity contribution in [3.8, 4) is 11.1 Å². The highest BCUT2D eigenvalue weighted by molar-refractivity contribution is 7.72. The van der Waals surface area contributed by atoms with Crippen LogP contribution in [-0.4, -0.2) is 31.1 Å². The molecule has 1 aromatic carbocycles. The monoisotopic (exact) mass is 442 g/mol. The lowest BCUT2D eigenvalue weighted by Gasteiger charge is -2.57. The summed E-state index contributed by atoms with van der Waals surface area (Å²) in [4.78, 5) is 18.1. The molecule has 1 saturated carbocycles. The van der Waals surface area contributed by atoms with Crippen LogP contribution in [0.3, 0.4) is 0 Å². The number of pyridine rings is 1. The molecule has 0 radical (unpaired) electrons. The highest BCUT2D eigenvalue weighted by Crippen LogP contribution is 2.51. The molecule has 31 heavy (non-hydrogen) atoms. The molecule has 7 heteroatoms. The number of aryl methyl sites for hydroxylation is 1. The molecule has 1 saturated heterocycles. The van der Waals surface area contributed by atoms with E-state index in [0.29, 0.717) is 28.3 Å². The number of nitrogens with zero attached hydrogens (tertiary/aromatic N) is 2. The summed E-state index contributed by atoms with van der Waals surface area (Å²) in [5, 5.41) is 0.0127. The molecule has 1 unspecified atom stereocenters. The van der Waals surface area contributed by atoms with Crippen molar-refractivity contribution < 1.29 is 12.5 Å². The van der Waals surface area contributed by atoms with Crippen LogP contribution in [0.1, 0.15) is 54.0 Å². The van der Waals surface area contributed by atoms with Crippen molar-refractivity contribution in [3.63, 3.8) is 0 Å². The molecule has 2 fully saturated rings. The summed E-state index contributed by atoms with van der Waals surface area (Å²) >= 11 is 0. The van der Waals surface area contributed by atoms with E-state index in [1.807, 2.05) is 25.1 Å². The number of fused-ring (bicyclic) bond motifs is 1. The molecule has 3 aromatic rings. The van der Waals surface area contributed by atoms with Crippen LogP contribution in [0.25, 0.3) is 22.0 Å². The third kappa shape index (κ3) is 3.30. The van der Waals surface area contributed by atoms with Gasteiger partial charge in [-0.25, -0.2) is 8.42 Å². The Morgan fingerprint density at radius 2 is 2.03 bits per heavy atom. The zero-order valence-corrected chi connectivity index (χ0v) is 18.5. The first kappa shape index (κ1) is 17.1. The highest BCUT2D eigenvalue weighted by atomic mass is 32.2. The molecule has 1 aliphatic heterocycles. The van der Waals surface area contributed by atoms with Crippen molar-refractivity contribution in [3.05, 3.63) is 52.6 Å². The lowest BCUT2D eigenvalue weighted by Crippen LogP contribution is -2.60. The number of benzene rings is 1. The molecule has 1 N–H and O–H groups in total. The molecule has 0 bridgehead atoms. The fourth-order valence-corrected chi connectivity index (χ4v) is 6.08. The summed E-state index contributed by atoms with van der Waals surface area (Å²) in [5.41, 5.74) is 2.98. The topological polar surface area (TPSA) is 75.2 Å². The van der Waals surface area contributed by atoms with Crippen LogP contribution in [0.4, 0.5) is 5.69 Å². The molecule has 3 heterocycles. The first-order valence-electron chi connectivity index (χ1n) is 12.4.